The number of rotatable bonds is 6. The van der Waals surface area contributed by atoms with Crippen molar-refractivity contribution in [2.45, 2.75) is 17.4 Å². The van der Waals surface area contributed by atoms with E-state index in [1.807, 2.05) is 36.4 Å². The maximum absolute atomic E-state index is 6.21. The molecule has 2 nitrogen and oxygen atoms in total. The van der Waals surface area contributed by atoms with Crippen LogP contribution < -0.4 is 11.3 Å². The van der Waals surface area contributed by atoms with Crippen molar-refractivity contribution in [3.05, 3.63) is 62.5 Å². The van der Waals surface area contributed by atoms with Gasteiger partial charge in [0, 0.05) is 31.2 Å². The van der Waals surface area contributed by atoms with Crippen LogP contribution in [0.3, 0.4) is 0 Å². The highest BCUT2D eigenvalue weighted by molar-refractivity contribution is 9.10. The first-order valence-corrected chi connectivity index (χ1v) is 8.91. The van der Waals surface area contributed by atoms with E-state index < -0.39 is 0 Å². The minimum atomic E-state index is 0.0829. The van der Waals surface area contributed by atoms with Crippen LogP contribution in [0, 0.1) is 0 Å². The van der Waals surface area contributed by atoms with Gasteiger partial charge in [-0.15, -0.1) is 11.8 Å². The molecule has 6 heteroatoms. The molecule has 2 aromatic carbocycles. The summed E-state index contributed by atoms with van der Waals surface area (Å²) in [7, 11) is 0. The van der Waals surface area contributed by atoms with Gasteiger partial charge >= 0.3 is 0 Å². The average Bonchev–Trinajstić information content (AvgIpc) is 2.48. The third-order valence-electron chi connectivity index (χ3n) is 3.02. The zero-order chi connectivity index (χ0) is 15.2. The highest BCUT2D eigenvalue weighted by Crippen LogP contribution is 2.29. The summed E-state index contributed by atoms with van der Waals surface area (Å²) in [6.45, 7) is 0. The van der Waals surface area contributed by atoms with Crippen molar-refractivity contribution in [2.75, 3.05) is 5.75 Å². The van der Waals surface area contributed by atoms with Crippen LogP contribution in [0.1, 0.15) is 5.56 Å². The Morgan fingerprint density at radius 1 is 1.10 bits per heavy atom. The Bertz CT molecular complexity index is 590. The van der Waals surface area contributed by atoms with Gasteiger partial charge in [0.05, 0.1) is 0 Å². The first-order chi connectivity index (χ1) is 10.1. The minimum Gasteiger partial charge on any atom is -0.271 e. The molecule has 21 heavy (non-hydrogen) atoms. The summed E-state index contributed by atoms with van der Waals surface area (Å²) in [5, 5.41) is 1.35. The van der Waals surface area contributed by atoms with Gasteiger partial charge in [-0.25, -0.2) is 0 Å². The van der Waals surface area contributed by atoms with Crippen LogP contribution in [0.5, 0.6) is 0 Å². The van der Waals surface area contributed by atoms with Crippen LogP contribution >= 0.6 is 50.9 Å². The molecule has 1 atom stereocenters. The van der Waals surface area contributed by atoms with Crippen LogP contribution in [0.25, 0.3) is 0 Å². The summed E-state index contributed by atoms with van der Waals surface area (Å²) in [5.41, 5.74) is 3.77. The first-order valence-electron chi connectivity index (χ1n) is 6.38. The fourth-order valence-electron chi connectivity index (χ4n) is 1.89. The zero-order valence-corrected chi connectivity index (χ0v) is 15.1. The molecule has 0 amide bonds. The lowest BCUT2D eigenvalue weighted by molar-refractivity contribution is 0.575. The van der Waals surface area contributed by atoms with E-state index in [-0.39, 0.29) is 6.04 Å². The molecule has 112 valence electrons. The lowest BCUT2D eigenvalue weighted by Gasteiger charge is -2.17. The molecular formula is C15H15BrCl2N2S. The molecule has 2 aromatic rings. The number of thioether (sulfide) groups is 1. The van der Waals surface area contributed by atoms with Crippen molar-refractivity contribution in [1.82, 2.24) is 5.43 Å². The van der Waals surface area contributed by atoms with Crippen molar-refractivity contribution >= 4 is 50.9 Å². The normalized spacial score (nSPS) is 12.4. The number of nitrogens with one attached hydrogen (secondary N) is 1. The number of hydrogen-bond acceptors (Lipinski definition) is 3. The Morgan fingerprint density at radius 3 is 2.38 bits per heavy atom. The molecule has 0 aliphatic heterocycles. The maximum Gasteiger partial charge on any atom is 0.0453 e. The predicted octanol–water partition coefficient (Wildman–Crippen LogP) is 4.92. The van der Waals surface area contributed by atoms with Gasteiger partial charge in [0.25, 0.3) is 0 Å². The molecule has 0 aromatic heterocycles. The summed E-state index contributed by atoms with van der Waals surface area (Å²) < 4.78 is 1.08. The summed E-state index contributed by atoms with van der Waals surface area (Å²) in [5.74, 6) is 6.48. The van der Waals surface area contributed by atoms with Gasteiger partial charge in [0.2, 0.25) is 0 Å². The Balaban J connectivity index is 2.02. The van der Waals surface area contributed by atoms with Crippen molar-refractivity contribution in [2.24, 2.45) is 5.84 Å². The molecule has 0 radical (unpaired) electrons. The molecule has 0 aliphatic rings. The van der Waals surface area contributed by atoms with Crippen molar-refractivity contribution in [1.29, 1.82) is 0 Å². The molecule has 0 fully saturated rings. The second-order valence-electron chi connectivity index (χ2n) is 4.51. The number of halogens is 3. The van der Waals surface area contributed by atoms with Crippen LogP contribution in [0.2, 0.25) is 10.0 Å². The predicted molar refractivity (Wildman–Crippen MR) is 96.1 cm³/mol. The highest BCUT2D eigenvalue weighted by atomic mass is 79.9. The molecule has 0 saturated heterocycles. The lowest BCUT2D eigenvalue weighted by atomic mass is 10.1. The molecule has 0 aliphatic carbocycles. The Kier molecular flexibility index (Phi) is 6.86. The molecule has 0 bridgehead atoms. The SMILES string of the molecule is NNC(CSc1ccccc1Br)Cc1c(Cl)cccc1Cl. The number of nitrogens with two attached hydrogens (primary N) is 1. The minimum absolute atomic E-state index is 0.0829. The fourth-order valence-corrected chi connectivity index (χ4v) is 4.05. The first kappa shape index (κ1) is 17.1. The van der Waals surface area contributed by atoms with Crippen molar-refractivity contribution in [3.63, 3.8) is 0 Å². The third-order valence-corrected chi connectivity index (χ3v) is 5.92. The maximum atomic E-state index is 6.21. The van der Waals surface area contributed by atoms with E-state index in [1.165, 1.54) is 4.90 Å². The standard InChI is InChI=1S/C15H15BrCl2N2S/c16-12-4-1-2-7-15(12)21-9-10(20-19)8-11-13(17)5-3-6-14(11)18/h1-7,10,20H,8-9,19H2. The highest BCUT2D eigenvalue weighted by Gasteiger charge is 2.14. The molecule has 1 unspecified atom stereocenters. The third kappa shape index (κ3) is 4.88. The lowest BCUT2D eigenvalue weighted by Crippen LogP contribution is -2.38. The molecule has 0 heterocycles. The largest absolute Gasteiger partial charge is 0.271 e. The molecule has 0 spiro atoms. The Hall–Kier alpha value is -0.230. The van der Waals surface area contributed by atoms with Crippen LogP contribution in [-0.2, 0) is 6.42 Å². The second kappa shape index (κ2) is 8.42. The molecule has 0 saturated carbocycles. The van der Waals surface area contributed by atoms with Crippen LogP contribution in [-0.4, -0.2) is 11.8 Å². The van der Waals surface area contributed by atoms with E-state index in [0.717, 1.165) is 15.8 Å². The van der Waals surface area contributed by atoms with E-state index >= 15 is 0 Å². The van der Waals surface area contributed by atoms with E-state index in [2.05, 4.69) is 27.4 Å². The van der Waals surface area contributed by atoms with Gasteiger partial charge in [-0.3, -0.25) is 11.3 Å². The topological polar surface area (TPSA) is 38.0 Å². The van der Waals surface area contributed by atoms with E-state index in [1.54, 1.807) is 11.8 Å². The monoisotopic (exact) mass is 404 g/mol. The van der Waals surface area contributed by atoms with Crippen LogP contribution in [0.15, 0.2) is 51.8 Å². The van der Waals surface area contributed by atoms with Gasteiger partial charge < -0.3 is 0 Å². The number of hydrazine groups is 1. The Labute approximate surface area is 147 Å². The summed E-state index contributed by atoms with van der Waals surface area (Å²) in [6.07, 6.45) is 0.687. The fraction of sp³-hybridized carbons (Fsp3) is 0.200. The molecule has 3 N–H and O–H groups in total. The van der Waals surface area contributed by atoms with E-state index in [4.69, 9.17) is 29.0 Å². The smallest absolute Gasteiger partial charge is 0.0453 e. The van der Waals surface area contributed by atoms with Gasteiger partial charge in [0.1, 0.15) is 0 Å². The van der Waals surface area contributed by atoms with Gasteiger partial charge in [-0.05, 0) is 52.2 Å². The summed E-state index contributed by atoms with van der Waals surface area (Å²) >= 11 is 17.7. The number of benzene rings is 2. The average molecular weight is 406 g/mol. The molecule has 2 rings (SSSR count). The second-order valence-corrected chi connectivity index (χ2v) is 7.24. The van der Waals surface area contributed by atoms with E-state index in [0.29, 0.717) is 16.5 Å². The zero-order valence-electron chi connectivity index (χ0n) is 11.2. The van der Waals surface area contributed by atoms with E-state index in [9.17, 15) is 0 Å². The quantitative estimate of drug-likeness (QED) is 0.406. The van der Waals surface area contributed by atoms with Crippen molar-refractivity contribution in [3.8, 4) is 0 Å². The van der Waals surface area contributed by atoms with Gasteiger partial charge in [-0.2, -0.15) is 0 Å². The number of hydrogen-bond donors (Lipinski definition) is 2. The van der Waals surface area contributed by atoms with Gasteiger partial charge in [-0.1, -0.05) is 41.4 Å². The summed E-state index contributed by atoms with van der Waals surface area (Å²) in [4.78, 5) is 1.18. The summed E-state index contributed by atoms with van der Waals surface area (Å²) in [6, 6.07) is 13.7. The Morgan fingerprint density at radius 2 is 1.76 bits per heavy atom. The van der Waals surface area contributed by atoms with Crippen LogP contribution in [0.4, 0.5) is 0 Å². The molecular weight excluding hydrogens is 391 g/mol. The van der Waals surface area contributed by atoms with Crippen molar-refractivity contribution < 1.29 is 0 Å². The van der Waals surface area contributed by atoms with Gasteiger partial charge in [0.15, 0.2) is 0 Å².